The van der Waals surface area contributed by atoms with Crippen molar-refractivity contribution in [2.24, 2.45) is 5.92 Å². The fraction of sp³-hybridized carbons (Fsp3) is 1.00. The van der Waals surface area contributed by atoms with Crippen LogP contribution < -0.4 is 0 Å². The van der Waals surface area contributed by atoms with Crippen molar-refractivity contribution in [3.05, 3.63) is 0 Å². The molecule has 2 heteroatoms. The second kappa shape index (κ2) is 3.35. The minimum Gasteiger partial charge on any atom is -0.356 e. The van der Waals surface area contributed by atoms with E-state index < -0.39 is 0 Å². The van der Waals surface area contributed by atoms with E-state index in [2.05, 4.69) is 13.8 Å². The smallest absolute Gasteiger partial charge is 0.157 e. The summed E-state index contributed by atoms with van der Waals surface area (Å²) in [7, 11) is 1.70. The molecule has 0 amide bonds. The summed E-state index contributed by atoms with van der Waals surface area (Å²) in [6.07, 6.45) is 2.62. The summed E-state index contributed by atoms with van der Waals surface area (Å²) in [5.41, 5.74) is 0. The van der Waals surface area contributed by atoms with Crippen LogP contribution in [0.25, 0.3) is 0 Å². The van der Waals surface area contributed by atoms with Crippen LogP contribution in [0.15, 0.2) is 0 Å². The van der Waals surface area contributed by atoms with Gasteiger partial charge >= 0.3 is 0 Å². The van der Waals surface area contributed by atoms with Gasteiger partial charge in [-0.05, 0) is 19.3 Å². The fourth-order valence-electron chi connectivity index (χ4n) is 1.51. The zero-order valence-corrected chi connectivity index (χ0v) is 6.96. The molecule has 10 heavy (non-hydrogen) atoms. The molecule has 0 saturated carbocycles. The summed E-state index contributed by atoms with van der Waals surface area (Å²) in [4.78, 5) is 0. The molecule has 1 aliphatic heterocycles. The molecule has 1 heterocycles. The number of rotatable bonds is 1. The van der Waals surface area contributed by atoms with Crippen LogP contribution in [0.2, 0.25) is 0 Å². The third-order valence-corrected chi connectivity index (χ3v) is 1.98. The van der Waals surface area contributed by atoms with Gasteiger partial charge in [-0.3, -0.25) is 0 Å². The maximum Gasteiger partial charge on any atom is 0.157 e. The van der Waals surface area contributed by atoms with Crippen molar-refractivity contribution in [3.8, 4) is 0 Å². The first kappa shape index (κ1) is 8.02. The van der Waals surface area contributed by atoms with Crippen molar-refractivity contribution >= 4 is 0 Å². The Morgan fingerprint density at radius 3 is 2.50 bits per heavy atom. The lowest BCUT2D eigenvalue weighted by Gasteiger charge is -2.30. The first-order valence-electron chi connectivity index (χ1n) is 3.90. The topological polar surface area (TPSA) is 18.5 Å². The summed E-state index contributed by atoms with van der Waals surface area (Å²) in [5, 5.41) is 0. The van der Waals surface area contributed by atoms with Crippen LogP contribution in [0.1, 0.15) is 26.7 Å². The predicted molar refractivity (Wildman–Crippen MR) is 39.7 cm³/mol. The number of ether oxygens (including phenoxy) is 2. The molecule has 2 nitrogen and oxygen atoms in total. The lowest BCUT2D eigenvalue weighted by Crippen LogP contribution is -2.31. The van der Waals surface area contributed by atoms with Crippen LogP contribution in [0.3, 0.4) is 0 Å². The minimum atomic E-state index is 0.0405. The highest BCUT2D eigenvalue weighted by molar-refractivity contribution is 4.67. The molecule has 0 aromatic heterocycles. The fourth-order valence-corrected chi connectivity index (χ4v) is 1.51. The Kier molecular flexibility index (Phi) is 2.69. The quantitative estimate of drug-likeness (QED) is 0.558. The number of hydrogen-bond acceptors (Lipinski definition) is 2. The maximum absolute atomic E-state index is 5.48. The number of methoxy groups -OCH3 is 1. The van der Waals surface area contributed by atoms with Gasteiger partial charge in [0.2, 0.25) is 0 Å². The van der Waals surface area contributed by atoms with Crippen LogP contribution >= 0.6 is 0 Å². The molecule has 3 atom stereocenters. The molecule has 0 N–H and O–H groups in total. The van der Waals surface area contributed by atoms with Gasteiger partial charge in [0.15, 0.2) is 6.29 Å². The van der Waals surface area contributed by atoms with E-state index in [1.807, 2.05) is 0 Å². The predicted octanol–water partition coefficient (Wildman–Crippen LogP) is 1.79. The lowest BCUT2D eigenvalue weighted by molar-refractivity contribution is -0.186. The summed E-state index contributed by atoms with van der Waals surface area (Å²) in [6.45, 7) is 4.34. The molecule has 60 valence electrons. The van der Waals surface area contributed by atoms with Crippen molar-refractivity contribution in [1.82, 2.24) is 0 Å². The van der Waals surface area contributed by atoms with Gasteiger partial charge < -0.3 is 9.47 Å². The van der Waals surface area contributed by atoms with E-state index in [1.165, 1.54) is 6.42 Å². The summed E-state index contributed by atoms with van der Waals surface area (Å²) in [5.74, 6) is 0.744. The molecule has 0 spiro atoms. The van der Waals surface area contributed by atoms with E-state index in [4.69, 9.17) is 9.47 Å². The zero-order chi connectivity index (χ0) is 7.56. The molecule has 0 aromatic carbocycles. The summed E-state index contributed by atoms with van der Waals surface area (Å²) >= 11 is 0. The van der Waals surface area contributed by atoms with Gasteiger partial charge in [0.1, 0.15) is 0 Å². The van der Waals surface area contributed by atoms with Crippen LogP contribution in [-0.2, 0) is 9.47 Å². The van der Waals surface area contributed by atoms with Crippen LogP contribution in [0.5, 0.6) is 0 Å². The molecule has 0 radical (unpaired) electrons. The first-order chi connectivity index (χ1) is 4.72. The van der Waals surface area contributed by atoms with Gasteiger partial charge in [0.05, 0.1) is 6.10 Å². The second-order valence-corrected chi connectivity index (χ2v) is 3.19. The van der Waals surface area contributed by atoms with Crippen molar-refractivity contribution in [2.75, 3.05) is 7.11 Å². The number of hydrogen-bond donors (Lipinski definition) is 0. The molecule has 1 saturated heterocycles. The van der Waals surface area contributed by atoms with Gasteiger partial charge in [-0.25, -0.2) is 0 Å². The molecule has 1 aliphatic rings. The Hall–Kier alpha value is -0.0800. The van der Waals surface area contributed by atoms with E-state index >= 15 is 0 Å². The van der Waals surface area contributed by atoms with Crippen LogP contribution in [0, 0.1) is 5.92 Å². The average molecular weight is 144 g/mol. The summed E-state index contributed by atoms with van der Waals surface area (Å²) < 4.78 is 10.6. The third-order valence-electron chi connectivity index (χ3n) is 1.98. The largest absolute Gasteiger partial charge is 0.356 e. The molecule has 0 aliphatic carbocycles. The van der Waals surface area contributed by atoms with E-state index in [0.717, 1.165) is 12.3 Å². The van der Waals surface area contributed by atoms with Crippen LogP contribution in [0.4, 0.5) is 0 Å². The Bertz CT molecular complexity index is 93.4. The van der Waals surface area contributed by atoms with E-state index in [0.29, 0.717) is 6.10 Å². The third kappa shape index (κ3) is 1.96. The molecule has 1 unspecified atom stereocenters. The van der Waals surface area contributed by atoms with Crippen molar-refractivity contribution in [2.45, 2.75) is 39.1 Å². The van der Waals surface area contributed by atoms with E-state index in [-0.39, 0.29) is 6.29 Å². The Balaban J connectivity index is 2.35. The highest BCUT2D eigenvalue weighted by Crippen LogP contribution is 2.24. The molecule has 1 fully saturated rings. The lowest BCUT2D eigenvalue weighted by atomic mass is 9.98. The van der Waals surface area contributed by atoms with Crippen molar-refractivity contribution in [1.29, 1.82) is 0 Å². The Morgan fingerprint density at radius 2 is 2.00 bits per heavy atom. The van der Waals surface area contributed by atoms with Gasteiger partial charge in [-0.2, -0.15) is 0 Å². The van der Waals surface area contributed by atoms with E-state index in [1.54, 1.807) is 7.11 Å². The molecule has 1 rings (SSSR count). The van der Waals surface area contributed by atoms with Gasteiger partial charge in [0, 0.05) is 13.5 Å². The normalized spacial score (nSPS) is 41.7. The highest BCUT2D eigenvalue weighted by atomic mass is 16.7. The highest BCUT2D eigenvalue weighted by Gasteiger charge is 2.23. The van der Waals surface area contributed by atoms with Crippen molar-refractivity contribution in [3.63, 3.8) is 0 Å². The van der Waals surface area contributed by atoms with Gasteiger partial charge in [-0.15, -0.1) is 0 Å². The minimum absolute atomic E-state index is 0.0405. The SMILES string of the molecule is CO[C@H]1CC(C)C[C@@H](C)O1. The molecule has 0 aromatic rings. The van der Waals surface area contributed by atoms with Crippen molar-refractivity contribution < 1.29 is 9.47 Å². The van der Waals surface area contributed by atoms with Gasteiger partial charge in [-0.1, -0.05) is 6.92 Å². The maximum atomic E-state index is 5.48. The van der Waals surface area contributed by atoms with Gasteiger partial charge in [0.25, 0.3) is 0 Å². The molecular formula is C8H16O2. The second-order valence-electron chi connectivity index (χ2n) is 3.19. The van der Waals surface area contributed by atoms with Crippen LogP contribution in [-0.4, -0.2) is 19.5 Å². The molecular weight excluding hydrogens is 128 g/mol. The zero-order valence-electron chi connectivity index (χ0n) is 6.96. The molecule has 0 bridgehead atoms. The average Bonchev–Trinajstić information content (AvgIpc) is 1.85. The summed E-state index contributed by atoms with van der Waals surface area (Å²) in [6, 6.07) is 0. The Labute approximate surface area is 62.5 Å². The standard InChI is InChI=1S/C8H16O2/c1-6-4-7(2)10-8(5-6)9-3/h6-8H,4-5H2,1-3H3/t6?,7-,8-/m1/s1. The van der Waals surface area contributed by atoms with E-state index in [9.17, 15) is 0 Å². The Morgan fingerprint density at radius 1 is 1.30 bits per heavy atom. The first-order valence-corrected chi connectivity index (χ1v) is 3.90. The monoisotopic (exact) mass is 144 g/mol.